The van der Waals surface area contributed by atoms with E-state index in [0.29, 0.717) is 22.2 Å². The minimum atomic E-state index is -0.406. The van der Waals surface area contributed by atoms with Crippen LogP contribution in [-0.2, 0) is 6.54 Å². The Morgan fingerprint density at radius 3 is 3.00 bits per heavy atom. The predicted octanol–water partition coefficient (Wildman–Crippen LogP) is 2.65. The predicted molar refractivity (Wildman–Crippen MR) is 93.0 cm³/mol. The van der Waals surface area contributed by atoms with Crippen LogP contribution in [0.1, 0.15) is 5.69 Å². The topological polar surface area (TPSA) is 94.0 Å². The number of ether oxygens (including phenoxy) is 1. The lowest BCUT2D eigenvalue weighted by molar-refractivity contribution is 0.251. The van der Waals surface area contributed by atoms with Crippen molar-refractivity contribution < 1.29 is 9.53 Å². The Morgan fingerprint density at radius 1 is 1.36 bits per heavy atom. The summed E-state index contributed by atoms with van der Waals surface area (Å²) in [6.07, 6.45) is 5.07. The van der Waals surface area contributed by atoms with Crippen LogP contribution in [0.25, 0.3) is 5.69 Å². The molecule has 0 radical (unpaired) electrons. The fourth-order valence-electron chi connectivity index (χ4n) is 2.11. The van der Waals surface area contributed by atoms with E-state index in [0.717, 1.165) is 5.69 Å². The van der Waals surface area contributed by atoms with E-state index in [-0.39, 0.29) is 6.54 Å². The Bertz CT molecular complexity index is 868. The van der Waals surface area contributed by atoms with Crippen molar-refractivity contribution in [1.82, 2.24) is 25.3 Å². The molecule has 1 aromatic carbocycles. The first-order chi connectivity index (χ1) is 12.2. The monoisotopic (exact) mass is 358 g/mol. The Balaban J connectivity index is 1.60. The molecule has 2 N–H and O–H groups in total. The highest BCUT2D eigenvalue weighted by Gasteiger charge is 2.09. The highest BCUT2D eigenvalue weighted by molar-refractivity contribution is 6.31. The molecule has 2 aromatic heterocycles. The first kappa shape index (κ1) is 16.7. The first-order valence-corrected chi connectivity index (χ1v) is 7.73. The number of carbonyl (C=O) groups excluding carboxylic acids is 1. The fourth-order valence-corrected chi connectivity index (χ4v) is 2.28. The molecular weight excluding hydrogens is 344 g/mol. The molecule has 0 spiro atoms. The largest absolute Gasteiger partial charge is 0.495 e. The highest BCUT2D eigenvalue weighted by atomic mass is 35.5. The molecule has 0 unspecified atom stereocenters. The summed E-state index contributed by atoms with van der Waals surface area (Å²) in [5.74, 6) is 0.516. The molecule has 128 valence electrons. The number of anilines is 1. The van der Waals surface area contributed by atoms with Gasteiger partial charge in [0.15, 0.2) is 0 Å². The minimum absolute atomic E-state index is 0.217. The van der Waals surface area contributed by atoms with Gasteiger partial charge in [0.2, 0.25) is 0 Å². The third-order valence-electron chi connectivity index (χ3n) is 3.29. The van der Waals surface area contributed by atoms with Crippen molar-refractivity contribution in [2.75, 3.05) is 12.4 Å². The molecule has 3 aromatic rings. The van der Waals surface area contributed by atoms with Crippen molar-refractivity contribution in [3.8, 4) is 11.4 Å². The average Bonchev–Trinajstić information content (AvgIpc) is 3.10. The number of nitrogens with one attached hydrogen (secondary N) is 2. The van der Waals surface area contributed by atoms with E-state index in [1.165, 1.54) is 7.11 Å². The lowest BCUT2D eigenvalue weighted by atomic mass is 10.3. The summed E-state index contributed by atoms with van der Waals surface area (Å²) in [5.41, 5.74) is 1.87. The van der Waals surface area contributed by atoms with Crippen molar-refractivity contribution in [1.29, 1.82) is 0 Å². The molecular formula is C16H15ClN6O2. The van der Waals surface area contributed by atoms with Crippen LogP contribution in [0.2, 0.25) is 5.02 Å². The lowest BCUT2D eigenvalue weighted by Crippen LogP contribution is -2.28. The van der Waals surface area contributed by atoms with Gasteiger partial charge in [-0.25, -0.2) is 9.48 Å². The average molecular weight is 359 g/mol. The van der Waals surface area contributed by atoms with Crippen molar-refractivity contribution >= 4 is 23.3 Å². The molecule has 2 amide bonds. The fraction of sp³-hybridized carbons (Fsp3) is 0.125. The third kappa shape index (κ3) is 4.24. The smallest absolute Gasteiger partial charge is 0.319 e. The standard InChI is InChI=1S/C16H15ClN6O2/c1-25-15-5-4-11(17)7-14(15)20-16(24)19-8-12-10-23(22-21-12)13-3-2-6-18-9-13/h2-7,9-10H,8H2,1H3,(H2,19,20,24). The maximum atomic E-state index is 12.1. The van der Waals surface area contributed by atoms with Crippen molar-refractivity contribution in [3.63, 3.8) is 0 Å². The van der Waals surface area contributed by atoms with Crippen LogP contribution in [0, 0.1) is 0 Å². The number of amides is 2. The van der Waals surface area contributed by atoms with Crippen LogP contribution in [0.15, 0.2) is 48.9 Å². The van der Waals surface area contributed by atoms with E-state index in [1.54, 1.807) is 47.5 Å². The van der Waals surface area contributed by atoms with Crippen molar-refractivity contribution in [2.24, 2.45) is 0 Å². The number of pyridine rings is 1. The normalized spacial score (nSPS) is 10.3. The van der Waals surface area contributed by atoms with Gasteiger partial charge in [0.1, 0.15) is 11.4 Å². The van der Waals surface area contributed by atoms with Gasteiger partial charge < -0.3 is 15.4 Å². The summed E-state index contributed by atoms with van der Waals surface area (Å²) in [5, 5.41) is 13.9. The molecule has 0 bridgehead atoms. The maximum absolute atomic E-state index is 12.1. The Morgan fingerprint density at radius 2 is 2.24 bits per heavy atom. The van der Waals surface area contributed by atoms with Crippen LogP contribution in [0.4, 0.5) is 10.5 Å². The van der Waals surface area contributed by atoms with E-state index in [4.69, 9.17) is 16.3 Å². The summed E-state index contributed by atoms with van der Waals surface area (Å²) in [4.78, 5) is 16.1. The number of aromatic nitrogens is 4. The van der Waals surface area contributed by atoms with Gasteiger partial charge in [-0.2, -0.15) is 0 Å². The van der Waals surface area contributed by atoms with E-state index < -0.39 is 6.03 Å². The SMILES string of the molecule is COc1ccc(Cl)cc1NC(=O)NCc1cn(-c2cccnc2)nn1. The van der Waals surface area contributed by atoms with Crippen LogP contribution in [0.5, 0.6) is 5.75 Å². The second kappa shape index (κ2) is 7.63. The number of methoxy groups -OCH3 is 1. The van der Waals surface area contributed by atoms with Crippen molar-refractivity contribution in [3.05, 3.63) is 59.6 Å². The summed E-state index contributed by atoms with van der Waals surface area (Å²) in [6.45, 7) is 0.217. The van der Waals surface area contributed by atoms with Crippen molar-refractivity contribution in [2.45, 2.75) is 6.54 Å². The van der Waals surface area contributed by atoms with Crippen LogP contribution in [0.3, 0.4) is 0 Å². The summed E-state index contributed by atoms with van der Waals surface area (Å²) < 4.78 is 6.77. The molecule has 0 saturated carbocycles. The molecule has 3 rings (SSSR count). The van der Waals surface area contributed by atoms with Crippen LogP contribution >= 0.6 is 11.6 Å². The van der Waals surface area contributed by atoms with Gasteiger partial charge in [0, 0.05) is 11.2 Å². The molecule has 8 nitrogen and oxygen atoms in total. The zero-order valence-electron chi connectivity index (χ0n) is 13.3. The number of hydrogen-bond acceptors (Lipinski definition) is 5. The number of urea groups is 1. The molecule has 9 heteroatoms. The molecule has 0 aliphatic carbocycles. The number of hydrogen-bond donors (Lipinski definition) is 2. The van der Waals surface area contributed by atoms with E-state index >= 15 is 0 Å². The molecule has 25 heavy (non-hydrogen) atoms. The lowest BCUT2D eigenvalue weighted by Gasteiger charge is -2.10. The molecule has 0 saturated heterocycles. The third-order valence-corrected chi connectivity index (χ3v) is 3.53. The number of carbonyl (C=O) groups is 1. The Kier molecular flexibility index (Phi) is 5.10. The van der Waals surface area contributed by atoms with Gasteiger partial charge in [-0.05, 0) is 30.3 Å². The quantitative estimate of drug-likeness (QED) is 0.731. The first-order valence-electron chi connectivity index (χ1n) is 7.36. The summed E-state index contributed by atoms with van der Waals surface area (Å²) in [7, 11) is 1.52. The highest BCUT2D eigenvalue weighted by Crippen LogP contribution is 2.27. The zero-order valence-corrected chi connectivity index (χ0v) is 14.1. The molecule has 0 atom stereocenters. The Labute approximate surface area is 148 Å². The van der Waals surface area contributed by atoms with Gasteiger partial charge in [-0.3, -0.25) is 4.98 Å². The molecule has 0 aliphatic rings. The minimum Gasteiger partial charge on any atom is -0.495 e. The maximum Gasteiger partial charge on any atom is 0.319 e. The van der Waals surface area contributed by atoms with E-state index in [1.807, 2.05) is 6.07 Å². The van der Waals surface area contributed by atoms with Gasteiger partial charge >= 0.3 is 6.03 Å². The molecule has 0 aliphatic heterocycles. The number of nitrogens with zero attached hydrogens (tertiary/aromatic N) is 4. The number of halogens is 1. The summed E-state index contributed by atoms with van der Waals surface area (Å²) >= 11 is 5.94. The summed E-state index contributed by atoms with van der Waals surface area (Å²) in [6, 6.07) is 8.23. The molecule has 0 fully saturated rings. The van der Waals surface area contributed by atoms with Gasteiger partial charge in [0.05, 0.1) is 37.4 Å². The number of rotatable bonds is 5. The van der Waals surface area contributed by atoms with Crippen LogP contribution < -0.4 is 15.4 Å². The second-order valence-electron chi connectivity index (χ2n) is 5.02. The van der Waals surface area contributed by atoms with Gasteiger partial charge in [-0.1, -0.05) is 16.8 Å². The number of benzene rings is 1. The van der Waals surface area contributed by atoms with Gasteiger partial charge in [-0.15, -0.1) is 5.10 Å². The Hall–Kier alpha value is -3.13. The van der Waals surface area contributed by atoms with E-state index in [2.05, 4.69) is 25.9 Å². The van der Waals surface area contributed by atoms with Gasteiger partial charge in [0.25, 0.3) is 0 Å². The zero-order chi connectivity index (χ0) is 17.6. The second-order valence-corrected chi connectivity index (χ2v) is 5.45. The van der Waals surface area contributed by atoms with E-state index in [9.17, 15) is 4.79 Å². The molecule has 2 heterocycles. The van der Waals surface area contributed by atoms with Crippen LogP contribution in [-0.4, -0.2) is 33.1 Å².